The van der Waals surface area contributed by atoms with Gasteiger partial charge in [-0.2, -0.15) is 0 Å². The third-order valence-electron chi connectivity index (χ3n) is 3.61. The fraction of sp³-hybridized carbons (Fsp3) is 0.353. The molecule has 0 aliphatic heterocycles. The van der Waals surface area contributed by atoms with Gasteiger partial charge in [0.1, 0.15) is 0 Å². The molecule has 2 N–H and O–H groups in total. The summed E-state index contributed by atoms with van der Waals surface area (Å²) < 4.78 is 7.04. The minimum atomic E-state index is -0.674. The summed E-state index contributed by atoms with van der Waals surface area (Å²) in [6, 6.07) is 5.15. The van der Waals surface area contributed by atoms with Crippen molar-refractivity contribution in [2.75, 3.05) is 13.2 Å². The first kappa shape index (κ1) is 18.7. The molecule has 0 saturated heterocycles. The number of carbonyl (C=O) groups excluding carboxylic acids is 3. The van der Waals surface area contributed by atoms with Gasteiger partial charge < -0.3 is 14.6 Å². The second-order valence-corrected chi connectivity index (χ2v) is 6.47. The summed E-state index contributed by atoms with van der Waals surface area (Å²) in [7, 11) is 0. The van der Waals surface area contributed by atoms with E-state index in [2.05, 4.69) is 10.6 Å². The summed E-state index contributed by atoms with van der Waals surface area (Å²) in [6.07, 6.45) is 0. The zero-order valence-electron chi connectivity index (χ0n) is 14.4. The van der Waals surface area contributed by atoms with Crippen LogP contribution in [-0.4, -0.2) is 35.6 Å². The molecule has 2 heterocycles. The minimum Gasteiger partial charge on any atom is -0.452 e. The molecule has 0 radical (unpaired) electrons. The number of aryl methyl sites for hydroxylation is 1. The van der Waals surface area contributed by atoms with Gasteiger partial charge in [-0.25, -0.2) is 9.59 Å². The van der Waals surface area contributed by atoms with Gasteiger partial charge in [0.25, 0.3) is 5.91 Å². The van der Waals surface area contributed by atoms with E-state index in [1.165, 1.54) is 4.88 Å². The molecule has 2 aromatic rings. The average molecular weight is 363 g/mol. The van der Waals surface area contributed by atoms with E-state index in [-0.39, 0.29) is 0 Å². The molecule has 25 heavy (non-hydrogen) atoms. The van der Waals surface area contributed by atoms with Crippen LogP contribution >= 0.6 is 11.3 Å². The van der Waals surface area contributed by atoms with Gasteiger partial charge in [0.05, 0.1) is 12.1 Å². The molecule has 0 atom stereocenters. The molecule has 0 unspecified atom stereocenters. The van der Waals surface area contributed by atoms with Crippen molar-refractivity contribution in [3.05, 3.63) is 45.4 Å². The standard InChI is InChI=1S/C17H21N3O4S/c1-4-18-17(23)19-15(21)10-24-16(22)14-8-11(2)20(12(14)3)9-13-6-5-7-25-13/h5-8H,4,9-10H2,1-3H3,(H2,18,19,21,23). The Kier molecular flexibility index (Phi) is 6.35. The van der Waals surface area contributed by atoms with Crippen molar-refractivity contribution < 1.29 is 19.1 Å². The van der Waals surface area contributed by atoms with Gasteiger partial charge in [-0.15, -0.1) is 11.3 Å². The van der Waals surface area contributed by atoms with Crippen LogP contribution in [-0.2, 0) is 16.1 Å². The fourth-order valence-electron chi connectivity index (χ4n) is 2.39. The van der Waals surface area contributed by atoms with Crippen molar-refractivity contribution >= 4 is 29.2 Å². The monoisotopic (exact) mass is 363 g/mol. The number of aromatic nitrogens is 1. The van der Waals surface area contributed by atoms with Crippen LogP contribution in [0.2, 0.25) is 0 Å². The lowest BCUT2D eigenvalue weighted by atomic mass is 10.2. The topological polar surface area (TPSA) is 89.4 Å². The molecular formula is C17H21N3O4S. The third-order valence-corrected chi connectivity index (χ3v) is 4.47. The van der Waals surface area contributed by atoms with E-state index in [0.717, 1.165) is 11.4 Å². The van der Waals surface area contributed by atoms with Crippen LogP contribution in [0.15, 0.2) is 23.6 Å². The maximum atomic E-state index is 12.2. The highest BCUT2D eigenvalue weighted by Crippen LogP contribution is 2.19. The number of nitrogens with zero attached hydrogens (tertiary/aromatic N) is 1. The molecule has 3 amide bonds. The van der Waals surface area contributed by atoms with Crippen LogP contribution in [0.25, 0.3) is 0 Å². The van der Waals surface area contributed by atoms with Crippen molar-refractivity contribution in [1.82, 2.24) is 15.2 Å². The average Bonchev–Trinajstić information content (AvgIpc) is 3.16. The number of amides is 3. The largest absolute Gasteiger partial charge is 0.452 e. The van der Waals surface area contributed by atoms with Crippen LogP contribution in [0.5, 0.6) is 0 Å². The van der Waals surface area contributed by atoms with E-state index in [1.807, 2.05) is 35.9 Å². The first-order valence-corrected chi connectivity index (χ1v) is 8.74. The molecule has 0 fully saturated rings. The van der Waals surface area contributed by atoms with Crippen molar-refractivity contribution in [3.8, 4) is 0 Å². The van der Waals surface area contributed by atoms with Crippen LogP contribution in [0.1, 0.15) is 33.5 Å². The lowest BCUT2D eigenvalue weighted by Gasteiger charge is -2.09. The molecule has 0 saturated carbocycles. The van der Waals surface area contributed by atoms with E-state index < -0.39 is 24.5 Å². The zero-order valence-corrected chi connectivity index (χ0v) is 15.2. The Balaban J connectivity index is 1.98. The predicted molar refractivity (Wildman–Crippen MR) is 94.8 cm³/mol. The van der Waals surface area contributed by atoms with Crippen molar-refractivity contribution in [2.45, 2.75) is 27.3 Å². The maximum Gasteiger partial charge on any atom is 0.340 e. The smallest absolute Gasteiger partial charge is 0.340 e. The first-order valence-electron chi connectivity index (χ1n) is 7.86. The Morgan fingerprint density at radius 3 is 2.68 bits per heavy atom. The predicted octanol–water partition coefficient (Wildman–Crippen LogP) is 2.22. The molecular weight excluding hydrogens is 342 g/mol. The maximum absolute atomic E-state index is 12.2. The van der Waals surface area contributed by atoms with Gasteiger partial charge in [0.15, 0.2) is 6.61 Å². The molecule has 7 nitrogen and oxygen atoms in total. The third kappa shape index (κ3) is 4.93. The number of imide groups is 1. The van der Waals surface area contributed by atoms with Crippen LogP contribution in [0.4, 0.5) is 4.79 Å². The quantitative estimate of drug-likeness (QED) is 0.770. The Bertz CT molecular complexity index is 765. The van der Waals surface area contributed by atoms with Crippen molar-refractivity contribution in [2.24, 2.45) is 0 Å². The normalized spacial score (nSPS) is 10.4. The van der Waals surface area contributed by atoms with E-state index in [1.54, 1.807) is 24.3 Å². The lowest BCUT2D eigenvalue weighted by Crippen LogP contribution is -2.41. The van der Waals surface area contributed by atoms with E-state index in [4.69, 9.17) is 4.74 Å². The molecule has 0 bridgehead atoms. The number of carbonyl (C=O) groups is 3. The minimum absolute atomic E-state index is 0.398. The van der Waals surface area contributed by atoms with Gasteiger partial charge in [-0.1, -0.05) is 6.07 Å². The van der Waals surface area contributed by atoms with Crippen LogP contribution < -0.4 is 10.6 Å². The Morgan fingerprint density at radius 2 is 2.04 bits per heavy atom. The molecule has 0 aromatic carbocycles. The summed E-state index contributed by atoms with van der Waals surface area (Å²) in [6.45, 7) is 6.06. The molecule has 2 aromatic heterocycles. The molecule has 0 aliphatic carbocycles. The van der Waals surface area contributed by atoms with E-state index in [9.17, 15) is 14.4 Å². The number of hydrogen-bond donors (Lipinski definition) is 2. The van der Waals surface area contributed by atoms with Gasteiger partial charge >= 0.3 is 12.0 Å². The summed E-state index contributed by atoms with van der Waals surface area (Å²) in [5.41, 5.74) is 2.13. The molecule has 2 rings (SSSR count). The lowest BCUT2D eigenvalue weighted by molar-refractivity contribution is -0.123. The van der Waals surface area contributed by atoms with Crippen molar-refractivity contribution in [3.63, 3.8) is 0 Å². The fourth-order valence-corrected chi connectivity index (χ4v) is 3.08. The number of rotatable bonds is 6. The molecule has 0 aliphatic rings. The number of hydrogen-bond acceptors (Lipinski definition) is 5. The SMILES string of the molecule is CCNC(=O)NC(=O)COC(=O)c1cc(C)n(Cc2cccs2)c1C. The van der Waals surface area contributed by atoms with Crippen LogP contribution in [0.3, 0.4) is 0 Å². The Morgan fingerprint density at radius 1 is 1.28 bits per heavy atom. The highest BCUT2D eigenvalue weighted by atomic mass is 32.1. The number of thiophene rings is 1. The number of esters is 1. The van der Waals surface area contributed by atoms with Gasteiger partial charge in [-0.05, 0) is 38.3 Å². The van der Waals surface area contributed by atoms with Crippen LogP contribution in [0, 0.1) is 13.8 Å². The number of nitrogens with one attached hydrogen (secondary N) is 2. The van der Waals surface area contributed by atoms with E-state index >= 15 is 0 Å². The van der Waals surface area contributed by atoms with Gasteiger partial charge in [0, 0.05) is 22.8 Å². The molecule has 0 spiro atoms. The highest BCUT2D eigenvalue weighted by Gasteiger charge is 2.18. The number of urea groups is 1. The Hall–Kier alpha value is -2.61. The summed E-state index contributed by atoms with van der Waals surface area (Å²) >= 11 is 1.65. The summed E-state index contributed by atoms with van der Waals surface area (Å²) in [5, 5.41) is 6.51. The first-order chi connectivity index (χ1) is 11.9. The van der Waals surface area contributed by atoms with Crippen molar-refractivity contribution in [1.29, 1.82) is 0 Å². The summed E-state index contributed by atoms with van der Waals surface area (Å²) in [4.78, 5) is 36.2. The van der Waals surface area contributed by atoms with E-state index in [0.29, 0.717) is 18.7 Å². The highest BCUT2D eigenvalue weighted by molar-refractivity contribution is 7.09. The second kappa shape index (κ2) is 8.48. The van der Waals surface area contributed by atoms with Gasteiger partial charge in [0.2, 0.25) is 0 Å². The summed E-state index contributed by atoms with van der Waals surface area (Å²) in [5.74, 6) is -1.26. The number of ether oxygens (including phenoxy) is 1. The van der Waals surface area contributed by atoms with Gasteiger partial charge in [-0.3, -0.25) is 10.1 Å². The Labute approximate surface area is 150 Å². The second-order valence-electron chi connectivity index (χ2n) is 5.43. The molecule has 8 heteroatoms. The molecule has 134 valence electrons. The zero-order chi connectivity index (χ0) is 18.4.